The van der Waals surface area contributed by atoms with E-state index >= 15 is 0 Å². The minimum Gasteiger partial charge on any atom is -0.345 e. The first-order valence-electron chi connectivity index (χ1n) is 6.85. The Labute approximate surface area is 123 Å². The van der Waals surface area contributed by atoms with Crippen molar-refractivity contribution in [2.24, 2.45) is 5.92 Å². The molecule has 0 bridgehead atoms. The highest BCUT2D eigenvalue weighted by molar-refractivity contribution is 9.10. The molecule has 0 radical (unpaired) electrons. The predicted molar refractivity (Wildman–Crippen MR) is 81.1 cm³/mol. The van der Waals surface area contributed by atoms with Crippen LogP contribution < -0.4 is 5.32 Å². The molecule has 1 saturated heterocycles. The topological polar surface area (TPSA) is 32.3 Å². The normalized spacial score (nSPS) is 18.5. The number of hydrogen-bond acceptors (Lipinski definition) is 2. The van der Waals surface area contributed by atoms with Crippen LogP contribution in [0, 0.1) is 5.92 Å². The molecule has 0 aliphatic carbocycles. The van der Waals surface area contributed by atoms with Crippen LogP contribution in [-0.2, 0) is 11.2 Å². The summed E-state index contributed by atoms with van der Waals surface area (Å²) < 4.78 is 1.12. The van der Waals surface area contributed by atoms with Gasteiger partial charge in [0.15, 0.2) is 0 Å². The molecule has 1 N–H and O–H groups in total. The van der Waals surface area contributed by atoms with Crippen LogP contribution >= 0.6 is 15.9 Å². The van der Waals surface area contributed by atoms with Gasteiger partial charge < -0.3 is 10.2 Å². The van der Waals surface area contributed by atoms with E-state index in [1.165, 1.54) is 5.56 Å². The number of rotatable bonds is 5. The molecule has 0 spiro atoms. The summed E-state index contributed by atoms with van der Waals surface area (Å²) in [6.45, 7) is 2.82. The van der Waals surface area contributed by atoms with Gasteiger partial charge in [-0.1, -0.05) is 34.1 Å². The summed E-state index contributed by atoms with van der Waals surface area (Å²) in [5.41, 5.74) is 1.25. The molecule has 1 aliphatic rings. The van der Waals surface area contributed by atoms with Crippen molar-refractivity contribution in [1.82, 2.24) is 10.2 Å². The minimum atomic E-state index is 0.265. The summed E-state index contributed by atoms with van der Waals surface area (Å²) in [5.74, 6) is 0.791. The molecule has 3 nitrogen and oxygen atoms in total. The molecule has 1 aliphatic heterocycles. The van der Waals surface area contributed by atoms with Crippen molar-refractivity contribution in [2.45, 2.75) is 19.3 Å². The molecule has 0 saturated carbocycles. The van der Waals surface area contributed by atoms with Gasteiger partial charge in [-0.15, -0.1) is 0 Å². The van der Waals surface area contributed by atoms with Crippen molar-refractivity contribution in [3.63, 3.8) is 0 Å². The van der Waals surface area contributed by atoms with Gasteiger partial charge in [-0.3, -0.25) is 4.79 Å². The lowest BCUT2D eigenvalue weighted by molar-refractivity contribution is -0.130. The van der Waals surface area contributed by atoms with E-state index in [9.17, 15) is 4.79 Å². The minimum absolute atomic E-state index is 0.265. The van der Waals surface area contributed by atoms with Crippen molar-refractivity contribution in [1.29, 1.82) is 0 Å². The highest BCUT2D eigenvalue weighted by atomic mass is 79.9. The molecule has 1 aromatic carbocycles. The lowest BCUT2D eigenvalue weighted by Gasteiger charge is -2.19. The third-order valence-corrected chi connectivity index (χ3v) is 4.50. The van der Waals surface area contributed by atoms with Gasteiger partial charge in [0.25, 0.3) is 0 Å². The largest absolute Gasteiger partial charge is 0.345 e. The Balaban J connectivity index is 1.78. The van der Waals surface area contributed by atoms with E-state index in [1.54, 1.807) is 0 Å². The van der Waals surface area contributed by atoms with E-state index in [4.69, 9.17) is 0 Å². The van der Waals surface area contributed by atoms with Crippen LogP contribution in [-0.4, -0.2) is 37.5 Å². The Morgan fingerprint density at radius 3 is 2.95 bits per heavy atom. The molecule has 1 fully saturated rings. The number of likely N-dealkylation sites (N-methyl/N-ethyl adjacent to an activating group) is 1. The number of nitrogens with one attached hydrogen (secondary N) is 1. The number of carbonyl (C=O) groups excluding carboxylic acids is 1. The van der Waals surface area contributed by atoms with Crippen LogP contribution in [0.5, 0.6) is 0 Å². The van der Waals surface area contributed by atoms with E-state index < -0.39 is 0 Å². The average Bonchev–Trinajstić information content (AvgIpc) is 2.90. The van der Waals surface area contributed by atoms with E-state index in [2.05, 4.69) is 27.3 Å². The van der Waals surface area contributed by atoms with Gasteiger partial charge in [0, 0.05) is 24.5 Å². The number of amides is 1. The molecule has 1 atom stereocenters. The van der Waals surface area contributed by atoms with Crippen molar-refractivity contribution in [2.75, 3.05) is 26.7 Å². The van der Waals surface area contributed by atoms with Crippen molar-refractivity contribution >= 4 is 21.8 Å². The SMILES string of the molecule is CN(CCc1ccccc1Br)C(=O)CC1CCNC1. The van der Waals surface area contributed by atoms with Crippen LogP contribution in [0.2, 0.25) is 0 Å². The van der Waals surface area contributed by atoms with Crippen LogP contribution in [0.3, 0.4) is 0 Å². The fourth-order valence-electron chi connectivity index (χ4n) is 2.41. The fourth-order valence-corrected chi connectivity index (χ4v) is 2.89. The number of halogens is 1. The molecule has 1 unspecified atom stereocenters. The third-order valence-electron chi connectivity index (χ3n) is 3.73. The van der Waals surface area contributed by atoms with Gasteiger partial charge in [0.1, 0.15) is 0 Å². The second-order valence-corrected chi connectivity index (χ2v) is 6.07. The molecule has 4 heteroatoms. The maximum absolute atomic E-state index is 12.1. The van der Waals surface area contributed by atoms with Crippen molar-refractivity contribution in [3.8, 4) is 0 Å². The smallest absolute Gasteiger partial charge is 0.222 e. The third kappa shape index (κ3) is 4.32. The Bertz CT molecular complexity index is 430. The van der Waals surface area contributed by atoms with Gasteiger partial charge in [0.05, 0.1) is 0 Å². The number of nitrogens with zero attached hydrogens (tertiary/aromatic N) is 1. The molecular weight excluding hydrogens is 304 g/mol. The van der Waals surface area contributed by atoms with Gasteiger partial charge in [-0.25, -0.2) is 0 Å². The Morgan fingerprint density at radius 2 is 2.26 bits per heavy atom. The maximum Gasteiger partial charge on any atom is 0.222 e. The summed E-state index contributed by atoms with van der Waals surface area (Å²) >= 11 is 3.54. The van der Waals surface area contributed by atoms with Gasteiger partial charge in [-0.05, 0) is 43.5 Å². The summed E-state index contributed by atoms with van der Waals surface area (Å²) in [4.78, 5) is 14.0. The number of carbonyl (C=O) groups is 1. The lowest BCUT2D eigenvalue weighted by Crippen LogP contribution is -2.30. The first-order chi connectivity index (χ1) is 9.16. The quantitative estimate of drug-likeness (QED) is 0.902. The van der Waals surface area contributed by atoms with Crippen LogP contribution in [0.25, 0.3) is 0 Å². The summed E-state index contributed by atoms with van der Waals surface area (Å²) in [5, 5.41) is 3.30. The number of hydrogen-bond donors (Lipinski definition) is 1. The monoisotopic (exact) mass is 324 g/mol. The number of benzene rings is 1. The Hall–Kier alpha value is -0.870. The average molecular weight is 325 g/mol. The van der Waals surface area contributed by atoms with E-state index in [0.29, 0.717) is 12.3 Å². The second-order valence-electron chi connectivity index (χ2n) is 5.22. The zero-order valence-electron chi connectivity index (χ0n) is 11.4. The first-order valence-corrected chi connectivity index (χ1v) is 7.64. The van der Waals surface area contributed by atoms with Gasteiger partial charge in [0.2, 0.25) is 5.91 Å². The second kappa shape index (κ2) is 7.06. The molecule has 19 heavy (non-hydrogen) atoms. The molecular formula is C15H21BrN2O. The Kier molecular flexibility index (Phi) is 5.40. The highest BCUT2D eigenvalue weighted by Gasteiger charge is 2.20. The summed E-state index contributed by atoms with van der Waals surface area (Å²) in [7, 11) is 1.90. The van der Waals surface area contributed by atoms with Crippen LogP contribution in [0.15, 0.2) is 28.7 Å². The molecule has 1 amide bonds. The first kappa shape index (κ1) is 14.5. The molecule has 1 aromatic rings. The molecule has 2 rings (SSSR count). The fraction of sp³-hybridized carbons (Fsp3) is 0.533. The van der Waals surface area contributed by atoms with Gasteiger partial charge in [-0.2, -0.15) is 0 Å². The zero-order chi connectivity index (χ0) is 13.7. The molecule has 0 aromatic heterocycles. The van der Waals surface area contributed by atoms with Crippen molar-refractivity contribution in [3.05, 3.63) is 34.3 Å². The Morgan fingerprint density at radius 1 is 1.47 bits per heavy atom. The van der Waals surface area contributed by atoms with Crippen LogP contribution in [0.4, 0.5) is 0 Å². The molecule has 104 valence electrons. The van der Waals surface area contributed by atoms with E-state index in [1.807, 2.05) is 30.1 Å². The van der Waals surface area contributed by atoms with E-state index in [-0.39, 0.29) is 5.91 Å². The van der Waals surface area contributed by atoms with Crippen LogP contribution in [0.1, 0.15) is 18.4 Å². The van der Waals surface area contributed by atoms with Crippen molar-refractivity contribution < 1.29 is 4.79 Å². The predicted octanol–water partition coefficient (Wildman–Crippen LogP) is 2.45. The molecule has 1 heterocycles. The highest BCUT2D eigenvalue weighted by Crippen LogP contribution is 2.17. The lowest BCUT2D eigenvalue weighted by atomic mass is 10.0. The van der Waals surface area contributed by atoms with Gasteiger partial charge >= 0.3 is 0 Å². The standard InChI is InChI=1S/C15H21BrN2O/c1-18(15(19)10-12-6-8-17-11-12)9-7-13-4-2-3-5-14(13)16/h2-5,12,17H,6-11H2,1H3. The maximum atomic E-state index is 12.1. The zero-order valence-corrected chi connectivity index (χ0v) is 12.9. The summed E-state index contributed by atoms with van der Waals surface area (Å²) in [6, 6.07) is 8.19. The summed E-state index contributed by atoms with van der Waals surface area (Å²) in [6.07, 6.45) is 2.70. The van der Waals surface area contributed by atoms with E-state index in [0.717, 1.165) is 36.9 Å².